The molecule has 0 radical (unpaired) electrons. The van der Waals surface area contributed by atoms with E-state index in [1.54, 1.807) is 30.3 Å². The van der Waals surface area contributed by atoms with Crippen molar-refractivity contribution in [2.45, 2.75) is 5.03 Å². The van der Waals surface area contributed by atoms with Crippen LogP contribution in [0.2, 0.25) is 0 Å². The Morgan fingerprint density at radius 1 is 1.15 bits per heavy atom. The van der Waals surface area contributed by atoms with Gasteiger partial charge in [0.1, 0.15) is 0 Å². The van der Waals surface area contributed by atoms with Gasteiger partial charge in [-0.15, -0.1) is 0 Å². The molecule has 1 aromatic carbocycles. The fourth-order valence-electron chi connectivity index (χ4n) is 1.58. The first-order valence-electron chi connectivity index (χ1n) is 5.66. The van der Waals surface area contributed by atoms with Gasteiger partial charge in [0.2, 0.25) is 0 Å². The van der Waals surface area contributed by atoms with Crippen molar-refractivity contribution < 1.29 is 17.9 Å². The molecule has 0 bridgehead atoms. The van der Waals surface area contributed by atoms with Gasteiger partial charge in [-0.25, -0.2) is 9.78 Å². The number of hydrogen-bond donors (Lipinski definition) is 1. The van der Waals surface area contributed by atoms with Crippen molar-refractivity contribution in [1.82, 2.24) is 4.98 Å². The zero-order valence-corrected chi connectivity index (χ0v) is 11.4. The summed E-state index contributed by atoms with van der Waals surface area (Å²) < 4.78 is 31.4. The predicted molar refractivity (Wildman–Crippen MR) is 72.8 cm³/mol. The molecule has 0 fully saturated rings. The van der Waals surface area contributed by atoms with Crippen LogP contribution >= 0.6 is 0 Å². The van der Waals surface area contributed by atoms with E-state index in [1.165, 1.54) is 25.4 Å². The first-order chi connectivity index (χ1) is 9.54. The van der Waals surface area contributed by atoms with Gasteiger partial charge < -0.3 is 4.74 Å². The Morgan fingerprint density at radius 3 is 2.50 bits per heavy atom. The second kappa shape index (κ2) is 5.70. The molecule has 0 aliphatic carbocycles. The molecule has 0 aliphatic heterocycles. The summed E-state index contributed by atoms with van der Waals surface area (Å²) in [6.45, 7) is 0. The molecule has 0 aliphatic rings. The summed E-state index contributed by atoms with van der Waals surface area (Å²) in [4.78, 5) is 15.3. The molecule has 0 spiro atoms. The molecular formula is C13H12N2O4S. The minimum absolute atomic E-state index is 0.113. The largest absolute Gasteiger partial charge is 0.465 e. The van der Waals surface area contributed by atoms with E-state index in [0.29, 0.717) is 5.69 Å². The molecule has 1 heterocycles. The summed E-state index contributed by atoms with van der Waals surface area (Å²) >= 11 is 0. The van der Waals surface area contributed by atoms with Gasteiger partial charge in [0, 0.05) is 11.9 Å². The predicted octanol–water partition coefficient (Wildman–Crippen LogP) is 1.67. The van der Waals surface area contributed by atoms with Gasteiger partial charge in [-0.1, -0.05) is 18.2 Å². The normalized spacial score (nSPS) is 10.8. The molecule has 20 heavy (non-hydrogen) atoms. The van der Waals surface area contributed by atoms with Crippen molar-refractivity contribution in [2.75, 3.05) is 11.8 Å². The Labute approximate surface area is 116 Å². The number of rotatable bonds is 4. The quantitative estimate of drug-likeness (QED) is 0.866. The lowest BCUT2D eigenvalue weighted by atomic mass is 10.3. The van der Waals surface area contributed by atoms with E-state index in [2.05, 4.69) is 14.4 Å². The highest BCUT2D eigenvalue weighted by Gasteiger charge is 2.24. The maximum Gasteiger partial charge on any atom is 0.340 e. The number of methoxy groups -OCH3 is 1. The minimum Gasteiger partial charge on any atom is -0.465 e. The number of aromatic nitrogens is 1. The van der Waals surface area contributed by atoms with E-state index in [0.717, 1.165) is 0 Å². The minimum atomic E-state index is -3.96. The number of carbonyl (C=O) groups is 1. The number of hydrogen-bond acceptors (Lipinski definition) is 5. The standard InChI is InChI=1S/C13H12N2O4S/c1-19-13(16)11-8-5-9-14-12(11)20(17,18)15-10-6-3-2-4-7-10/h2-9,15H,1H3. The van der Waals surface area contributed by atoms with E-state index in [9.17, 15) is 13.2 Å². The molecule has 1 N–H and O–H groups in total. The van der Waals surface area contributed by atoms with Crippen molar-refractivity contribution in [3.8, 4) is 0 Å². The van der Waals surface area contributed by atoms with Crippen LogP contribution in [0.1, 0.15) is 10.4 Å². The zero-order chi connectivity index (χ0) is 14.6. The third-order valence-electron chi connectivity index (χ3n) is 2.46. The second-order valence-corrected chi connectivity index (χ2v) is 5.42. The third-order valence-corrected chi connectivity index (χ3v) is 3.80. The Bertz CT molecular complexity index is 714. The van der Waals surface area contributed by atoms with Crippen LogP contribution < -0.4 is 4.72 Å². The summed E-state index contributed by atoms with van der Waals surface area (Å²) in [6.07, 6.45) is 1.30. The van der Waals surface area contributed by atoms with E-state index >= 15 is 0 Å². The van der Waals surface area contributed by atoms with Crippen LogP contribution in [0, 0.1) is 0 Å². The Kier molecular flexibility index (Phi) is 3.99. The summed E-state index contributed by atoms with van der Waals surface area (Å²) in [5.74, 6) is -0.758. The number of sulfonamides is 1. The van der Waals surface area contributed by atoms with Crippen molar-refractivity contribution in [3.63, 3.8) is 0 Å². The van der Waals surface area contributed by atoms with Crippen LogP contribution in [0.3, 0.4) is 0 Å². The fourth-order valence-corrected chi connectivity index (χ4v) is 2.76. The molecule has 0 atom stereocenters. The van der Waals surface area contributed by atoms with Gasteiger partial charge >= 0.3 is 5.97 Å². The number of carbonyl (C=O) groups excluding carboxylic acids is 1. The van der Waals surface area contributed by atoms with Crippen LogP contribution in [-0.4, -0.2) is 26.5 Å². The smallest absolute Gasteiger partial charge is 0.340 e. The Hall–Kier alpha value is -2.41. The number of nitrogens with zero attached hydrogens (tertiary/aromatic N) is 1. The summed E-state index contributed by atoms with van der Waals surface area (Å²) in [7, 11) is -2.78. The number of para-hydroxylation sites is 1. The molecule has 7 heteroatoms. The average molecular weight is 292 g/mol. The third kappa shape index (κ3) is 2.94. The number of pyridine rings is 1. The van der Waals surface area contributed by atoms with Crippen molar-refractivity contribution in [3.05, 3.63) is 54.2 Å². The van der Waals surface area contributed by atoms with E-state index < -0.39 is 16.0 Å². The average Bonchev–Trinajstić information content (AvgIpc) is 2.47. The topological polar surface area (TPSA) is 85.4 Å². The lowest BCUT2D eigenvalue weighted by Gasteiger charge is -2.09. The maximum atomic E-state index is 12.3. The highest BCUT2D eigenvalue weighted by molar-refractivity contribution is 7.92. The Morgan fingerprint density at radius 2 is 1.85 bits per heavy atom. The van der Waals surface area contributed by atoms with Crippen LogP contribution in [-0.2, 0) is 14.8 Å². The van der Waals surface area contributed by atoms with Crippen LogP contribution in [0.15, 0.2) is 53.7 Å². The van der Waals surface area contributed by atoms with Gasteiger partial charge in [0.05, 0.1) is 12.7 Å². The molecule has 0 saturated heterocycles. The number of anilines is 1. The highest BCUT2D eigenvalue weighted by Crippen LogP contribution is 2.17. The number of esters is 1. The summed E-state index contributed by atoms with van der Waals surface area (Å²) in [6, 6.07) is 11.1. The van der Waals surface area contributed by atoms with Gasteiger partial charge in [0.15, 0.2) is 5.03 Å². The first-order valence-corrected chi connectivity index (χ1v) is 7.14. The summed E-state index contributed by atoms with van der Waals surface area (Å²) in [5, 5.41) is -0.365. The lowest BCUT2D eigenvalue weighted by Crippen LogP contribution is -2.19. The molecule has 0 unspecified atom stereocenters. The van der Waals surface area contributed by atoms with Gasteiger partial charge in [0.25, 0.3) is 10.0 Å². The zero-order valence-electron chi connectivity index (χ0n) is 10.6. The van der Waals surface area contributed by atoms with Gasteiger partial charge in [-0.05, 0) is 24.3 Å². The van der Waals surface area contributed by atoms with Crippen molar-refractivity contribution in [1.29, 1.82) is 0 Å². The van der Waals surface area contributed by atoms with E-state index in [4.69, 9.17) is 0 Å². The van der Waals surface area contributed by atoms with Crippen molar-refractivity contribution in [2.24, 2.45) is 0 Å². The van der Waals surface area contributed by atoms with Crippen LogP contribution in [0.4, 0.5) is 5.69 Å². The van der Waals surface area contributed by atoms with Gasteiger partial charge in [-0.2, -0.15) is 8.42 Å². The monoisotopic (exact) mass is 292 g/mol. The highest BCUT2D eigenvalue weighted by atomic mass is 32.2. The molecular weight excluding hydrogens is 280 g/mol. The molecule has 6 nitrogen and oxygen atoms in total. The number of nitrogens with one attached hydrogen (secondary N) is 1. The second-order valence-electron chi connectivity index (χ2n) is 3.82. The molecule has 0 amide bonds. The summed E-state index contributed by atoms with van der Waals surface area (Å²) in [5.41, 5.74) is 0.271. The van der Waals surface area contributed by atoms with E-state index in [1.807, 2.05) is 0 Å². The number of benzene rings is 1. The maximum absolute atomic E-state index is 12.3. The molecule has 1 aromatic heterocycles. The molecule has 0 saturated carbocycles. The van der Waals surface area contributed by atoms with E-state index in [-0.39, 0.29) is 10.6 Å². The molecule has 2 aromatic rings. The van der Waals surface area contributed by atoms with Crippen LogP contribution in [0.5, 0.6) is 0 Å². The Balaban J connectivity index is 2.42. The van der Waals surface area contributed by atoms with Gasteiger partial charge in [-0.3, -0.25) is 4.72 Å². The molecule has 104 valence electrons. The first kappa shape index (κ1) is 14.0. The number of ether oxygens (including phenoxy) is 1. The molecule has 2 rings (SSSR count). The van der Waals surface area contributed by atoms with Crippen molar-refractivity contribution >= 4 is 21.7 Å². The lowest BCUT2D eigenvalue weighted by molar-refractivity contribution is 0.0595. The fraction of sp³-hybridized carbons (Fsp3) is 0.0769. The SMILES string of the molecule is COC(=O)c1cccnc1S(=O)(=O)Nc1ccccc1. The van der Waals surface area contributed by atoms with Crippen LogP contribution in [0.25, 0.3) is 0 Å².